The Kier molecular flexibility index (Phi) is 6.16. The van der Waals surface area contributed by atoms with Crippen LogP contribution in [0.4, 0.5) is 0 Å². The Labute approximate surface area is 102 Å². The maximum Gasteiger partial charge on any atom is 0.135 e. The highest BCUT2D eigenvalue weighted by atomic mass is 16.5. The van der Waals surface area contributed by atoms with Gasteiger partial charge < -0.3 is 14.6 Å². The van der Waals surface area contributed by atoms with Crippen LogP contribution in [-0.4, -0.2) is 31.5 Å². The normalized spacial score (nSPS) is 11.5. The number of para-hydroxylation sites is 1. The quantitative estimate of drug-likeness (QED) is 0.790. The molecular weight excluding hydrogens is 216 g/mol. The minimum atomic E-state index is 0.0495. The van der Waals surface area contributed by atoms with Gasteiger partial charge in [-0.1, -0.05) is 24.0 Å². The highest BCUT2D eigenvalue weighted by molar-refractivity contribution is 5.45. The third kappa shape index (κ3) is 4.90. The van der Waals surface area contributed by atoms with E-state index in [1.54, 1.807) is 7.11 Å². The summed E-state index contributed by atoms with van der Waals surface area (Å²) < 4.78 is 10.7. The van der Waals surface area contributed by atoms with Crippen molar-refractivity contribution in [2.75, 3.05) is 20.3 Å². The molecule has 0 saturated heterocycles. The van der Waals surface area contributed by atoms with E-state index in [0.717, 1.165) is 11.3 Å². The molecule has 1 atom stereocenters. The molecule has 0 spiro atoms. The summed E-state index contributed by atoms with van der Waals surface area (Å²) >= 11 is 0. The molecule has 0 aliphatic carbocycles. The standard InChI is InChI=1S/C14H18O3/c1-12(16-2)11-17-14-9-4-3-7-13(14)8-5-6-10-15/h3-4,7,9,12,15H,6,10-11H2,1-2H3. The van der Waals surface area contributed by atoms with Crippen LogP contribution in [0, 0.1) is 11.8 Å². The van der Waals surface area contributed by atoms with Crippen molar-refractivity contribution in [1.82, 2.24) is 0 Å². The zero-order valence-corrected chi connectivity index (χ0v) is 10.3. The smallest absolute Gasteiger partial charge is 0.135 e. The number of ether oxygens (including phenoxy) is 2. The van der Waals surface area contributed by atoms with Gasteiger partial charge in [0.2, 0.25) is 0 Å². The second-order valence-corrected chi connectivity index (χ2v) is 3.63. The number of hydrogen-bond donors (Lipinski definition) is 1. The number of aliphatic hydroxyl groups is 1. The molecule has 1 aromatic carbocycles. The predicted molar refractivity (Wildman–Crippen MR) is 67.0 cm³/mol. The maximum atomic E-state index is 8.67. The lowest BCUT2D eigenvalue weighted by Gasteiger charge is -2.12. The summed E-state index contributed by atoms with van der Waals surface area (Å²) in [6.07, 6.45) is 0.525. The largest absolute Gasteiger partial charge is 0.490 e. The molecule has 0 aliphatic heterocycles. The fourth-order valence-corrected chi connectivity index (χ4v) is 1.18. The molecule has 0 heterocycles. The van der Waals surface area contributed by atoms with Gasteiger partial charge >= 0.3 is 0 Å². The first-order chi connectivity index (χ1) is 8.27. The van der Waals surface area contributed by atoms with Gasteiger partial charge in [-0.2, -0.15) is 0 Å². The van der Waals surface area contributed by atoms with E-state index >= 15 is 0 Å². The van der Waals surface area contributed by atoms with Crippen LogP contribution in [0.1, 0.15) is 18.9 Å². The number of benzene rings is 1. The van der Waals surface area contributed by atoms with Gasteiger partial charge in [-0.25, -0.2) is 0 Å². The monoisotopic (exact) mass is 234 g/mol. The minimum absolute atomic E-state index is 0.0495. The summed E-state index contributed by atoms with van der Waals surface area (Å²) in [5.41, 5.74) is 0.837. The predicted octanol–water partition coefficient (Wildman–Crippen LogP) is 1.83. The Balaban J connectivity index is 2.68. The van der Waals surface area contributed by atoms with Crippen molar-refractivity contribution in [1.29, 1.82) is 0 Å². The molecular formula is C14H18O3. The first kappa shape index (κ1) is 13.6. The van der Waals surface area contributed by atoms with Crippen LogP contribution in [0.25, 0.3) is 0 Å². The SMILES string of the molecule is COC(C)COc1ccccc1C#CCCO. The van der Waals surface area contributed by atoms with Crippen LogP contribution in [0.2, 0.25) is 0 Å². The van der Waals surface area contributed by atoms with Crippen LogP contribution in [0.5, 0.6) is 5.75 Å². The van der Waals surface area contributed by atoms with Crippen LogP contribution < -0.4 is 4.74 Å². The summed E-state index contributed by atoms with van der Waals surface area (Å²) in [7, 11) is 1.65. The van der Waals surface area contributed by atoms with E-state index in [4.69, 9.17) is 14.6 Å². The second-order valence-electron chi connectivity index (χ2n) is 3.63. The fourth-order valence-electron chi connectivity index (χ4n) is 1.18. The van der Waals surface area contributed by atoms with Crippen molar-refractivity contribution in [3.8, 4) is 17.6 Å². The van der Waals surface area contributed by atoms with Gasteiger partial charge in [-0.05, 0) is 19.1 Å². The van der Waals surface area contributed by atoms with Crippen molar-refractivity contribution in [2.24, 2.45) is 0 Å². The molecule has 1 N–H and O–H groups in total. The Hall–Kier alpha value is -1.50. The molecule has 0 fully saturated rings. The molecule has 1 aromatic rings. The Morgan fingerprint density at radius 1 is 1.35 bits per heavy atom. The van der Waals surface area contributed by atoms with Crippen LogP contribution in [0.15, 0.2) is 24.3 Å². The molecule has 0 saturated carbocycles. The van der Waals surface area contributed by atoms with E-state index in [2.05, 4.69) is 11.8 Å². The maximum absolute atomic E-state index is 8.67. The molecule has 0 bridgehead atoms. The Bertz CT molecular complexity index is 390. The third-order valence-electron chi connectivity index (χ3n) is 2.22. The first-order valence-electron chi connectivity index (χ1n) is 5.62. The van der Waals surface area contributed by atoms with Gasteiger partial charge in [0.15, 0.2) is 0 Å². The molecule has 17 heavy (non-hydrogen) atoms. The fraction of sp³-hybridized carbons (Fsp3) is 0.429. The van der Waals surface area contributed by atoms with E-state index in [1.807, 2.05) is 31.2 Å². The zero-order chi connectivity index (χ0) is 12.5. The molecule has 3 nitrogen and oxygen atoms in total. The Morgan fingerprint density at radius 3 is 2.82 bits per heavy atom. The number of hydrogen-bond acceptors (Lipinski definition) is 3. The van der Waals surface area contributed by atoms with E-state index in [1.165, 1.54) is 0 Å². The van der Waals surface area contributed by atoms with Crippen LogP contribution in [-0.2, 0) is 4.74 Å². The van der Waals surface area contributed by atoms with Gasteiger partial charge in [0.25, 0.3) is 0 Å². The molecule has 0 aliphatic rings. The molecule has 92 valence electrons. The second kappa shape index (κ2) is 7.72. The average Bonchev–Trinajstić information content (AvgIpc) is 2.37. The third-order valence-corrected chi connectivity index (χ3v) is 2.22. The van der Waals surface area contributed by atoms with E-state index < -0.39 is 0 Å². The molecule has 3 heteroatoms. The van der Waals surface area contributed by atoms with Crippen molar-refractivity contribution >= 4 is 0 Å². The minimum Gasteiger partial charge on any atom is -0.490 e. The average molecular weight is 234 g/mol. The number of rotatable bonds is 5. The summed E-state index contributed by atoms with van der Waals surface area (Å²) in [4.78, 5) is 0. The van der Waals surface area contributed by atoms with Gasteiger partial charge in [0.05, 0.1) is 18.3 Å². The highest BCUT2D eigenvalue weighted by Crippen LogP contribution is 2.17. The molecule has 0 amide bonds. The van der Waals surface area contributed by atoms with E-state index in [0.29, 0.717) is 13.0 Å². The summed E-state index contributed by atoms with van der Waals surface area (Å²) in [6.45, 7) is 2.52. The van der Waals surface area contributed by atoms with Gasteiger partial charge in [0.1, 0.15) is 12.4 Å². The molecule has 0 radical (unpaired) electrons. The van der Waals surface area contributed by atoms with Crippen molar-refractivity contribution in [3.05, 3.63) is 29.8 Å². The summed E-state index contributed by atoms with van der Waals surface area (Å²) in [5, 5.41) is 8.67. The molecule has 0 aromatic heterocycles. The van der Waals surface area contributed by atoms with Gasteiger partial charge in [-0.3, -0.25) is 0 Å². The summed E-state index contributed by atoms with van der Waals surface area (Å²) in [5.74, 6) is 6.61. The Morgan fingerprint density at radius 2 is 2.12 bits per heavy atom. The molecule has 1 rings (SSSR count). The lowest BCUT2D eigenvalue weighted by Crippen LogP contribution is -2.16. The summed E-state index contributed by atoms with van der Waals surface area (Å²) in [6, 6.07) is 7.60. The van der Waals surface area contributed by atoms with Gasteiger partial charge in [-0.15, -0.1) is 0 Å². The van der Waals surface area contributed by atoms with Crippen LogP contribution >= 0.6 is 0 Å². The van der Waals surface area contributed by atoms with Crippen molar-refractivity contribution < 1.29 is 14.6 Å². The highest BCUT2D eigenvalue weighted by Gasteiger charge is 2.03. The van der Waals surface area contributed by atoms with E-state index in [-0.39, 0.29) is 12.7 Å². The number of aliphatic hydroxyl groups excluding tert-OH is 1. The zero-order valence-electron chi connectivity index (χ0n) is 10.3. The lowest BCUT2D eigenvalue weighted by molar-refractivity contribution is 0.0716. The number of methoxy groups -OCH3 is 1. The van der Waals surface area contributed by atoms with Crippen LogP contribution in [0.3, 0.4) is 0 Å². The van der Waals surface area contributed by atoms with Crippen molar-refractivity contribution in [3.63, 3.8) is 0 Å². The molecule has 1 unspecified atom stereocenters. The van der Waals surface area contributed by atoms with Crippen molar-refractivity contribution in [2.45, 2.75) is 19.4 Å². The van der Waals surface area contributed by atoms with Gasteiger partial charge in [0, 0.05) is 13.5 Å². The lowest BCUT2D eigenvalue weighted by atomic mass is 10.2. The first-order valence-corrected chi connectivity index (χ1v) is 5.62. The topological polar surface area (TPSA) is 38.7 Å². The van der Waals surface area contributed by atoms with E-state index in [9.17, 15) is 0 Å².